The lowest BCUT2D eigenvalue weighted by Gasteiger charge is -2.28. The number of hydrogen-bond donors (Lipinski definition) is 7. The maximum absolute atomic E-state index is 13.0. The van der Waals surface area contributed by atoms with E-state index in [1.54, 1.807) is 6.26 Å². The van der Waals surface area contributed by atoms with E-state index in [2.05, 4.69) is 15.6 Å². The van der Waals surface area contributed by atoms with Crippen LogP contribution in [-0.2, 0) is 24.0 Å². The van der Waals surface area contributed by atoms with Crippen LogP contribution in [0.25, 0.3) is 0 Å². The summed E-state index contributed by atoms with van der Waals surface area (Å²) < 4.78 is 0. The Kier molecular flexibility index (Phi) is 12.9. The Balaban J connectivity index is 2.83. The van der Waals surface area contributed by atoms with Crippen LogP contribution >= 0.6 is 11.8 Å². The molecular weight excluding hydrogens is 482 g/mol. The Morgan fingerprint density at radius 3 is 2.37 bits per heavy atom. The molecule has 1 aliphatic rings. The van der Waals surface area contributed by atoms with Gasteiger partial charge in [0.25, 0.3) is 0 Å². The maximum atomic E-state index is 13.0. The quantitative estimate of drug-likeness (QED) is 0.0688. The van der Waals surface area contributed by atoms with Gasteiger partial charge in [-0.15, -0.1) is 0 Å². The van der Waals surface area contributed by atoms with Crippen molar-refractivity contribution in [3.63, 3.8) is 0 Å². The van der Waals surface area contributed by atoms with Gasteiger partial charge < -0.3 is 42.9 Å². The van der Waals surface area contributed by atoms with Crippen LogP contribution in [0.3, 0.4) is 0 Å². The third-order valence-corrected chi connectivity index (χ3v) is 6.00. The summed E-state index contributed by atoms with van der Waals surface area (Å²) in [5.41, 5.74) is 16.5. The fourth-order valence-corrected chi connectivity index (χ4v) is 4.05. The Morgan fingerprint density at radius 1 is 1.11 bits per heavy atom. The number of guanidine groups is 1. The zero-order valence-corrected chi connectivity index (χ0v) is 20.5. The van der Waals surface area contributed by atoms with Gasteiger partial charge in [-0.1, -0.05) is 0 Å². The van der Waals surface area contributed by atoms with Crippen molar-refractivity contribution >= 4 is 47.4 Å². The van der Waals surface area contributed by atoms with Gasteiger partial charge in [-0.05, 0) is 44.1 Å². The van der Waals surface area contributed by atoms with Crippen LogP contribution in [0.5, 0.6) is 0 Å². The number of aliphatic carboxylic acids is 2. The first-order chi connectivity index (χ1) is 16.5. The van der Waals surface area contributed by atoms with E-state index in [0.29, 0.717) is 44.5 Å². The van der Waals surface area contributed by atoms with E-state index in [1.165, 1.54) is 16.7 Å². The van der Waals surface area contributed by atoms with Gasteiger partial charge in [0, 0.05) is 13.1 Å². The van der Waals surface area contributed by atoms with E-state index in [1.807, 2.05) is 0 Å². The number of carboxylic acids is 2. The molecule has 0 spiro atoms. The van der Waals surface area contributed by atoms with E-state index in [9.17, 15) is 29.1 Å². The van der Waals surface area contributed by atoms with Gasteiger partial charge in [-0.3, -0.25) is 24.2 Å². The highest BCUT2D eigenvalue weighted by molar-refractivity contribution is 7.98. The first-order valence-corrected chi connectivity index (χ1v) is 12.5. The van der Waals surface area contributed by atoms with Gasteiger partial charge in [0.05, 0.1) is 12.5 Å². The van der Waals surface area contributed by atoms with Crippen molar-refractivity contribution in [2.75, 3.05) is 25.1 Å². The predicted octanol–water partition coefficient (Wildman–Crippen LogP) is -2.36. The number of aliphatic imine (C=N–C) groups is 1. The summed E-state index contributed by atoms with van der Waals surface area (Å²) in [7, 11) is 0. The molecule has 4 unspecified atom stereocenters. The van der Waals surface area contributed by atoms with Crippen molar-refractivity contribution in [1.29, 1.82) is 0 Å². The number of thioether (sulfide) groups is 1. The number of likely N-dealkylation sites (tertiary alicyclic amines) is 1. The van der Waals surface area contributed by atoms with Gasteiger partial charge >= 0.3 is 11.9 Å². The summed E-state index contributed by atoms with van der Waals surface area (Å²) in [5.74, 6) is -4.25. The number of carboxylic acid groups (broad SMARTS) is 2. The van der Waals surface area contributed by atoms with Gasteiger partial charge in [-0.25, -0.2) is 4.79 Å². The molecule has 0 aromatic carbocycles. The minimum atomic E-state index is -1.64. The van der Waals surface area contributed by atoms with E-state index in [0.717, 1.165) is 0 Å². The summed E-state index contributed by atoms with van der Waals surface area (Å²) >= 11 is 1.42. The highest BCUT2D eigenvalue weighted by Gasteiger charge is 2.37. The van der Waals surface area contributed by atoms with Crippen LogP contribution in [0.2, 0.25) is 0 Å². The highest BCUT2D eigenvalue weighted by Crippen LogP contribution is 2.19. The molecule has 1 aliphatic heterocycles. The largest absolute Gasteiger partial charge is 0.481 e. The first kappa shape index (κ1) is 30.0. The zero-order valence-electron chi connectivity index (χ0n) is 19.6. The molecule has 1 rings (SSSR count). The smallest absolute Gasteiger partial charge is 0.326 e. The summed E-state index contributed by atoms with van der Waals surface area (Å²) in [6.45, 7) is 0.651. The Hall–Kier alpha value is -3.07. The van der Waals surface area contributed by atoms with Gasteiger partial charge in [0.15, 0.2) is 5.96 Å². The molecule has 3 amide bonds. The minimum absolute atomic E-state index is 0.0566. The molecule has 4 atom stereocenters. The highest BCUT2D eigenvalue weighted by atomic mass is 32.2. The lowest BCUT2D eigenvalue weighted by molar-refractivity contribution is -0.147. The van der Waals surface area contributed by atoms with Crippen LogP contribution < -0.4 is 27.8 Å². The average Bonchev–Trinajstić information content (AvgIpc) is 3.27. The summed E-state index contributed by atoms with van der Waals surface area (Å²) in [4.78, 5) is 66.0. The number of nitrogens with zero attached hydrogens (tertiary/aromatic N) is 2. The second kappa shape index (κ2) is 15.0. The molecule has 0 radical (unpaired) electrons. The molecule has 35 heavy (non-hydrogen) atoms. The van der Waals surface area contributed by atoms with Crippen LogP contribution in [0.15, 0.2) is 4.99 Å². The number of nitrogens with two attached hydrogens (primary N) is 3. The Morgan fingerprint density at radius 2 is 1.80 bits per heavy atom. The summed E-state index contributed by atoms with van der Waals surface area (Å²) in [6.07, 6.45) is 2.93. The first-order valence-electron chi connectivity index (χ1n) is 11.1. The van der Waals surface area contributed by atoms with Crippen LogP contribution in [0.4, 0.5) is 0 Å². The van der Waals surface area contributed by atoms with Crippen molar-refractivity contribution in [3.05, 3.63) is 0 Å². The molecule has 15 heteroatoms. The number of amides is 3. The lowest BCUT2D eigenvalue weighted by Crippen LogP contribution is -2.56. The Labute approximate surface area is 207 Å². The third kappa shape index (κ3) is 10.4. The topological polar surface area (TPSA) is 244 Å². The maximum Gasteiger partial charge on any atom is 0.326 e. The molecule has 0 saturated carbocycles. The molecule has 1 fully saturated rings. The predicted molar refractivity (Wildman–Crippen MR) is 129 cm³/mol. The molecule has 198 valence electrons. The molecule has 14 nitrogen and oxygen atoms in total. The van der Waals surface area contributed by atoms with E-state index < -0.39 is 60.2 Å². The second-order valence-electron chi connectivity index (χ2n) is 8.08. The average molecular weight is 518 g/mol. The van der Waals surface area contributed by atoms with Crippen molar-refractivity contribution in [3.8, 4) is 0 Å². The molecule has 0 aromatic heterocycles. The molecule has 0 aliphatic carbocycles. The standard InChI is InChI=1S/C20H35N7O7S/c1-35-9-6-12(16(30)26-13(19(33)34)10-15(28)29)25-17(31)14-5-3-8-27(14)18(32)11(21)4-2-7-24-20(22)23/h11-14H,2-10,21H2,1H3,(H,25,31)(H,26,30)(H,28,29)(H,33,34)(H4,22,23,24). The van der Waals surface area contributed by atoms with Crippen molar-refractivity contribution in [1.82, 2.24) is 15.5 Å². The second-order valence-corrected chi connectivity index (χ2v) is 9.07. The number of hydrogen-bond acceptors (Lipinski definition) is 8. The fraction of sp³-hybridized carbons (Fsp3) is 0.700. The summed E-state index contributed by atoms with van der Waals surface area (Å²) in [5, 5.41) is 22.8. The van der Waals surface area contributed by atoms with E-state index in [-0.39, 0.29) is 12.4 Å². The summed E-state index contributed by atoms with van der Waals surface area (Å²) in [6, 6.07) is -4.42. The lowest BCUT2D eigenvalue weighted by atomic mass is 10.1. The normalized spacial score (nSPS) is 17.7. The fourth-order valence-electron chi connectivity index (χ4n) is 3.58. The molecular formula is C20H35N7O7S. The molecule has 1 saturated heterocycles. The monoisotopic (exact) mass is 517 g/mol. The number of carbonyl (C=O) groups excluding carboxylic acids is 3. The van der Waals surface area contributed by atoms with Crippen molar-refractivity contribution in [2.24, 2.45) is 22.2 Å². The number of carbonyl (C=O) groups is 5. The van der Waals surface area contributed by atoms with Gasteiger partial charge in [0.1, 0.15) is 18.1 Å². The van der Waals surface area contributed by atoms with Crippen LogP contribution in [0, 0.1) is 0 Å². The van der Waals surface area contributed by atoms with Gasteiger partial charge in [0.2, 0.25) is 17.7 Å². The van der Waals surface area contributed by atoms with Crippen LogP contribution in [-0.4, -0.2) is 100.0 Å². The third-order valence-electron chi connectivity index (χ3n) is 5.36. The minimum Gasteiger partial charge on any atom is -0.481 e. The molecule has 0 aromatic rings. The SMILES string of the molecule is CSCCC(NC(=O)C1CCCN1C(=O)C(N)CCCN=C(N)N)C(=O)NC(CC(=O)O)C(=O)O. The van der Waals surface area contributed by atoms with Crippen molar-refractivity contribution in [2.45, 2.75) is 62.7 Å². The molecule has 1 heterocycles. The van der Waals surface area contributed by atoms with E-state index >= 15 is 0 Å². The number of rotatable bonds is 15. The van der Waals surface area contributed by atoms with Crippen molar-refractivity contribution < 1.29 is 34.2 Å². The zero-order chi connectivity index (χ0) is 26.5. The molecule has 0 bridgehead atoms. The number of nitrogens with one attached hydrogen (secondary N) is 2. The Bertz CT molecular complexity index is 807. The van der Waals surface area contributed by atoms with Gasteiger partial charge in [-0.2, -0.15) is 11.8 Å². The van der Waals surface area contributed by atoms with E-state index in [4.69, 9.17) is 22.3 Å². The molecule has 10 N–H and O–H groups in total. The van der Waals surface area contributed by atoms with Crippen LogP contribution in [0.1, 0.15) is 38.5 Å².